The Balaban J connectivity index is 1.93. The molecule has 2 rings (SSSR count). The van der Waals surface area contributed by atoms with Gasteiger partial charge < -0.3 is 11.1 Å². The zero-order valence-electron chi connectivity index (χ0n) is 10.0. The highest BCUT2D eigenvalue weighted by Gasteiger charge is 2.01. The van der Waals surface area contributed by atoms with E-state index in [0.29, 0.717) is 12.1 Å². The summed E-state index contributed by atoms with van der Waals surface area (Å²) in [5, 5.41) is 16.3. The van der Waals surface area contributed by atoms with Gasteiger partial charge in [-0.05, 0) is 52.6 Å². The van der Waals surface area contributed by atoms with Gasteiger partial charge in [-0.1, -0.05) is 0 Å². The van der Waals surface area contributed by atoms with E-state index in [0.717, 1.165) is 24.2 Å². The van der Waals surface area contributed by atoms with Crippen molar-refractivity contribution < 1.29 is 0 Å². The minimum atomic E-state index is 0.353. The standard InChI is InChI=1S/C14H15N3S/c15-6-3-12-9-13(1-2-14(12)16)17-7-4-11-5-8-18-10-11/h1-2,5,8-10,17H,3-4,7,16H2. The molecule has 3 N–H and O–H groups in total. The van der Waals surface area contributed by atoms with Crippen LogP contribution in [0.2, 0.25) is 0 Å². The molecule has 4 heteroatoms. The number of nitriles is 1. The molecule has 2 aromatic rings. The van der Waals surface area contributed by atoms with Gasteiger partial charge in [0.2, 0.25) is 0 Å². The summed E-state index contributed by atoms with van der Waals surface area (Å²) in [6.07, 6.45) is 1.35. The van der Waals surface area contributed by atoms with E-state index in [-0.39, 0.29) is 0 Å². The third-order valence-electron chi connectivity index (χ3n) is 2.74. The number of nitrogens with one attached hydrogen (secondary N) is 1. The van der Waals surface area contributed by atoms with Crippen molar-refractivity contribution in [3.8, 4) is 6.07 Å². The lowest BCUT2D eigenvalue weighted by atomic mass is 10.1. The summed E-state index contributed by atoms with van der Waals surface area (Å²) in [4.78, 5) is 0. The zero-order chi connectivity index (χ0) is 12.8. The average Bonchev–Trinajstić information content (AvgIpc) is 2.87. The van der Waals surface area contributed by atoms with Gasteiger partial charge in [-0.3, -0.25) is 0 Å². The van der Waals surface area contributed by atoms with Gasteiger partial charge in [0.25, 0.3) is 0 Å². The SMILES string of the molecule is N#CCc1cc(NCCc2ccsc2)ccc1N. The summed E-state index contributed by atoms with van der Waals surface area (Å²) in [7, 11) is 0. The molecule has 1 heterocycles. The van der Waals surface area contributed by atoms with Crippen LogP contribution >= 0.6 is 11.3 Å². The lowest BCUT2D eigenvalue weighted by Crippen LogP contribution is -2.05. The maximum Gasteiger partial charge on any atom is 0.0670 e. The van der Waals surface area contributed by atoms with Gasteiger partial charge in [-0.15, -0.1) is 0 Å². The highest BCUT2D eigenvalue weighted by Crippen LogP contribution is 2.18. The van der Waals surface area contributed by atoms with Crippen LogP contribution in [0.15, 0.2) is 35.0 Å². The smallest absolute Gasteiger partial charge is 0.0670 e. The minimum absolute atomic E-state index is 0.353. The lowest BCUT2D eigenvalue weighted by molar-refractivity contribution is 1.03. The highest BCUT2D eigenvalue weighted by atomic mass is 32.1. The molecule has 0 radical (unpaired) electrons. The van der Waals surface area contributed by atoms with Crippen LogP contribution in [0.3, 0.4) is 0 Å². The number of anilines is 2. The van der Waals surface area contributed by atoms with Crippen LogP contribution in [0.25, 0.3) is 0 Å². The quantitative estimate of drug-likeness (QED) is 0.809. The van der Waals surface area contributed by atoms with E-state index in [2.05, 4.69) is 28.2 Å². The second-order valence-electron chi connectivity index (χ2n) is 4.06. The Kier molecular flexibility index (Phi) is 4.21. The van der Waals surface area contributed by atoms with Crippen molar-refractivity contribution in [2.45, 2.75) is 12.8 Å². The monoisotopic (exact) mass is 257 g/mol. The number of nitrogens with two attached hydrogens (primary N) is 1. The molecule has 0 amide bonds. The third kappa shape index (κ3) is 3.25. The molecule has 1 aromatic heterocycles. The first-order chi connectivity index (χ1) is 8.79. The van der Waals surface area contributed by atoms with Crippen molar-refractivity contribution in [3.63, 3.8) is 0 Å². The van der Waals surface area contributed by atoms with Crippen molar-refractivity contribution in [2.75, 3.05) is 17.6 Å². The van der Waals surface area contributed by atoms with Gasteiger partial charge in [-0.25, -0.2) is 0 Å². The van der Waals surface area contributed by atoms with Gasteiger partial charge in [0.05, 0.1) is 12.5 Å². The third-order valence-corrected chi connectivity index (χ3v) is 3.47. The van der Waals surface area contributed by atoms with Gasteiger partial charge >= 0.3 is 0 Å². The molecule has 3 nitrogen and oxygen atoms in total. The van der Waals surface area contributed by atoms with Crippen LogP contribution in [-0.2, 0) is 12.8 Å². The van der Waals surface area contributed by atoms with E-state index >= 15 is 0 Å². The summed E-state index contributed by atoms with van der Waals surface area (Å²) in [6.45, 7) is 0.882. The number of hydrogen-bond donors (Lipinski definition) is 2. The number of thiophene rings is 1. The maximum atomic E-state index is 8.71. The molecule has 0 atom stereocenters. The maximum absolute atomic E-state index is 8.71. The van der Waals surface area contributed by atoms with Crippen LogP contribution in [0.5, 0.6) is 0 Å². The molecule has 92 valence electrons. The molecule has 1 aromatic carbocycles. The fourth-order valence-electron chi connectivity index (χ4n) is 1.74. The normalized spacial score (nSPS) is 9.94. The highest BCUT2D eigenvalue weighted by molar-refractivity contribution is 7.07. The first-order valence-electron chi connectivity index (χ1n) is 5.80. The van der Waals surface area contributed by atoms with E-state index in [1.807, 2.05) is 18.2 Å². The summed E-state index contributed by atoms with van der Waals surface area (Å²) in [5.41, 5.74) is 9.74. The number of benzene rings is 1. The first-order valence-corrected chi connectivity index (χ1v) is 6.74. The van der Waals surface area contributed by atoms with Crippen molar-refractivity contribution in [2.24, 2.45) is 0 Å². The fraction of sp³-hybridized carbons (Fsp3) is 0.214. The first kappa shape index (κ1) is 12.5. The van der Waals surface area contributed by atoms with E-state index < -0.39 is 0 Å². The summed E-state index contributed by atoms with van der Waals surface area (Å²) in [5.74, 6) is 0. The Labute approximate surface area is 111 Å². The van der Waals surface area contributed by atoms with E-state index in [4.69, 9.17) is 11.0 Å². The van der Waals surface area contributed by atoms with Crippen molar-refractivity contribution in [1.29, 1.82) is 5.26 Å². The van der Waals surface area contributed by atoms with Gasteiger partial charge in [0.15, 0.2) is 0 Å². The number of rotatable bonds is 5. The topological polar surface area (TPSA) is 61.8 Å². The molecule has 0 saturated heterocycles. The largest absolute Gasteiger partial charge is 0.398 e. The van der Waals surface area contributed by atoms with Crippen LogP contribution in [0, 0.1) is 11.3 Å². The minimum Gasteiger partial charge on any atom is -0.398 e. The Morgan fingerprint density at radius 3 is 2.94 bits per heavy atom. The van der Waals surface area contributed by atoms with Gasteiger partial charge in [-0.2, -0.15) is 16.6 Å². The van der Waals surface area contributed by atoms with E-state index in [9.17, 15) is 0 Å². The van der Waals surface area contributed by atoms with Gasteiger partial charge in [0, 0.05) is 17.9 Å². The number of hydrogen-bond acceptors (Lipinski definition) is 4. The molecule has 0 aliphatic carbocycles. The van der Waals surface area contributed by atoms with E-state index in [1.165, 1.54) is 5.56 Å². The predicted octanol–water partition coefficient (Wildman–Crippen LogP) is 3.05. The van der Waals surface area contributed by atoms with Crippen molar-refractivity contribution in [3.05, 3.63) is 46.2 Å². The number of nitrogens with zero attached hydrogens (tertiary/aromatic N) is 1. The summed E-state index contributed by atoms with van der Waals surface area (Å²) >= 11 is 1.72. The number of nitrogen functional groups attached to an aromatic ring is 1. The lowest BCUT2D eigenvalue weighted by Gasteiger charge is -2.08. The molecule has 0 spiro atoms. The van der Waals surface area contributed by atoms with Crippen molar-refractivity contribution in [1.82, 2.24) is 0 Å². The molecule has 0 saturated carbocycles. The zero-order valence-corrected chi connectivity index (χ0v) is 10.8. The van der Waals surface area contributed by atoms with Crippen molar-refractivity contribution >= 4 is 22.7 Å². The Hall–Kier alpha value is -1.99. The summed E-state index contributed by atoms with van der Waals surface area (Å²) in [6, 6.07) is 10.0. The van der Waals surface area contributed by atoms with Crippen LogP contribution < -0.4 is 11.1 Å². The molecular formula is C14H15N3S. The molecule has 0 aliphatic rings. The van der Waals surface area contributed by atoms with Gasteiger partial charge in [0.1, 0.15) is 0 Å². The molecular weight excluding hydrogens is 242 g/mol. The second kappa shape index (κ2) is 6.08. The molecule has 0 unspecified atom stereocenters. The van der Waals surface area contributed by atoms with Crippen LogP contribution in [-0.4, -0.2) is 6.54 Å². The fourth-order valence-corrected chi connectivity index (χ4v) is 2.44. The Morgan fingerprint density at radius 2 is 2.22 bits per heavy atom. The van der Waals surface area contributed by atoms with E-state index in [1.54, 1.807) is 11.3 Å². The molecule has 18 heavy (non-hydrogen) atoms. The summed E-state index contributed by atoms with van der Waals surface area (Å²) < 4.78 is 0. The Morgan fingerprint density at radius 1 is 1.33 bits per heavy atom. The van der Waals surface area contributed by atoms with Crippen LogP contribution in [0.4, 0.5) is 11.4 Å². The predicted molar refractivity (Wildman–Crippen MR) is 76.7 cm³/mol. The second-order valence-corrected chi connectivity index (χ2v) is 4.84. The van der Waals surface area contributed by atoms with Crippen LogP contribution in [0.1, 0.15) is 11.1 Å². The molecule has 0 aliphatic heterocycles. The molecule has 0 fully saturated rings. The Bertz CT molecular complexity index is 541. The molecule has 0 bridgehead atoms. The average molecular weight is 257 g/mol.